The lowest BCUT2D eigenvalue weighted by Crippen LogP contribution is -2.48. The van der Waals surface area contributed by atoms with Gasteiger partial charge < -0.3 is 14.4 Å². The zero-order valence-electron chi connectivity index (χ0n) is 14.1. The molecule has 1 fully saturated rings. The molecular weight excluding hydrogens is 326 g/mol. The van der Waals surface area contributed by atoms with E-state index in [9.17, 15) is 4.79 Å². The van der Waals surface area contributed by atoms with Gasteiger partial charge in [0, 0.05) is 18.7 Å². The Kier molecular flexibility index (Phi) is 5.11. The number of aromatic nitrogens is 2. The van der Waals surface area contributed by atoms with E-state index >= 15 is 0 Å². The van der Waals surface area contributed by atoms with Gasteiger partial charge in [-0.15, -0.1) is 0 Å². The van der Waals surface area contributed by atoms with Crippen molar-refractivity contribution < 1.29 is 14.3 Å². The molecule has 1 amide bonds. The fourth-order valence-electron chi connectivity index (χ4n) is 2.78. The number of amides is 1. The molecular formula is C17H21N3O3S. The van der Waals surface area contributed by atoms with E-state index < -0.39 is 0 Å². The van der Waals surface area contributed by atoms with Crippen molar-refractivity contribution in [2.45, 2.75) is 39.6 Å². The summed E-state index contributed by atoms with van der Waals surface area (Å²) < 4.78 is 19.8. The fourth-order valence-corrected chi connectivity index (χ4v) is 3.33. The Labute approximate surface area is 145 Å². The van der Waals surface area contributed by atoms with E-state index in [4.69, 9.17) is 9.47 Å². The highest BCUT2D eigenvalue weighted by Crippen LogP contribution is 2.19. The van der Waals surface area contributed by atoms with Crippen LogP contribution in [0.3, 0.4) is 0 Å². The van der Waals surface area contributed by atoms with Crippen molar-refractivity contribution in [3.63, 3.8) is 0 Å². The van der Waals surface area contributed by atoms with Gasteiger partial charge in [0.05, 0.1) is 29.6 Å². The summed E-state index contributed by atoms with van der Waals surface area (Å²) in [4.78, 5) is 14.6. The van der Waals surface area contributed by atoms with Gasteiger partial charge >= 0.3 is 0 Å². The summed E-state index contributed by atoms with van der Waals surface area (Å²) in [6, 6.07) is 7.27. The van der Waals surface area contributed by atoms with E-state index in [2.05, 4.69) is 8.75 Å². The fraction of sp³-hybridized carbons (Fsp3) is 0.471. The molecule has 0 N–H and O–H groups in total. The predicted molar refractivity (Wildman–Crippen MR) is 91.3 cm³/mol. The number of hydrogen-bond donors (Lipinski definition) is 0. The zero-order chi connectivity index (χ0) is 17.1. The lowest BCUT2D eigenvalue weighted by Gasteiger charge is -2.35. The Morgan fingerprint density at radius 1 is 1.33 bits per heavy atom. The number of benzene rings is 1. The highest BCUT2D eigenvalue weighted by atomic mass is 32.1. The van der Waals surface area contributed by atoms with E-state index in [1.54, 1.807) is 6.07 Å². The molecule has 128 valence electrons. The summed E-state index contributed by atoms with van der Waals surface area (Å²) in [6.45, 7) is 7.45. The van der Waals surface area contributed by atoms with E-state index in [-0.39, 0.29) is 18.1 Å². The predicted octanol–water partition coefficient (Wildman–Crippen LogP) is 2.67. The molecule has 0 bridgehead atoms. The molecule has 6 nitrogen and oxygen atoms in total. The second kappa shape index (κ2) is 7.27. The molecule has 2 heterocycles. The second-order valence-corrected chi connectivity index (χ2v) is 6.61. The van der Waals surface area contributed by atoms with Crippen molar-refractivity contribution in [1.82, 2.24) is 13.6 Å². The third kappa shape index (κ3) is 3.91. The summed E-state index contributed by atoms with van der Waals surface area (Å²) in [5.41, 5.74) is 2.33. The minimum absolute atomic E-state index is 0.00829. The van der Waals surface area contributed by atoms with Crippen LogP contribution in [0.15, 0.2) is 24.3 Å². The Morgan fingerprint density at radius 3 is 2.75 bits per heavy atom. The first-order chi connectivity index (χ1) is 11.5. The summed E-state index contributed by atoms with van der Waals surface area (Å²) in [5, 5.41) is 0. The quantitative estimate of drug-likeness (QED) is 0.851. The first kappa shape index (κ1) is 16.9. The SMILES string of the molecule is Cc1nsnc1COc1cccc(C(=O)N2CC(C)OC(C)C2)c1. The standard InChI is InChI=1S/C17H21N3O3S/c1-11-8-20(9-12(2)23-11)17(21)14-5-4-6-15(7-14)22-10-16-13(3)18-24-19-16/h4-7,11-12H,8-10H2,1-3H3. The Hall–Kier alpha value is -1.99. The molecule has 1 aliphatic rings. The van der Waals surface area contributed by atoms with E-state index in [0.717, 1.165) is 11.4 Å². The minimum atomic E-state index is 0.00829. The number of carbonyl (C=O) groups is 1. The van der Waals surface area contributed by atoms with E-state index in [1.165, 1.54) is 11.7 Å². The Bertz CT molecular complexity index is 709. The molecule has 2 unspecified atom stereocenters. The van der Waals surface area contributed by atoms with Crippen molar-refractivity contribution in [1.29, 1.82) is 0 Å². The summed E-state index contributed by atoms with van der Waals surface area (Å²) in [7, 11) is 0. The maximum absolute atomic E-state index is 12.7. The highest BCUT2D eigenvalue weighted by molar-refractivity contribution is 6.99. The van der Waals surface area contributed by atoms with Gasteiger partial charge in [0.25, 0.3) is 5.91 Å². The number of aryl methyl sites for hydroxylation is 1. The van der Waals surface area contributed by atoms with Crippen LogP contribution in [0.25, 0.3) is 0 Å². The molecule has 1 aliphatic heterocycles. The number of morpholine rings is 1. The third-order valence-electron chi connectivity index (χ3n) is 3.91. The van der Waals surface area contributed by atoms with Gasteiger partial charge in [-0.2, -0.15) is 8.75 Å². The van der Waals surface area contributed by atoms with Crippen LogP contribution in [0.4, 0.5) is 0 Å². The van der Waals surface area contributed by atoms with E-state index in [0.29, 0.717) is 31.0 Å². The molecule has 0 spiro atoms. The molecule has 1 saturated heterocycles. The van der Waals surface area contributed by atoms with Crippen LogP contribution in [-0.2, 0) is 11.3 Å². The molecule has 3 rings (SSSR count). The second-order valence-electron chi connectivity index (χ2n) is 6.08. The summed E-state index contributed by atoms with van der Waals surface area (Å²) in [5.74, 6) is 0.663. The van der Waals surface area contributed by atoms with Gasteiger partial charge in [-0.05, 0) is 39.0 Å². The zero-order valence-corrected chi connectivity index (χ0v) is 14.9. The van der Waals surface area contributed by atoms with Gasteiger partial charge in [-0.1, -0.05) is 6.07 Å². The maximum Gasteiger partial charge on any atom is 0.254 e. The van der Waals surface area contributed by atoms with Crippen LogP contribution in [-0.4, -0.2) is 44.9 Å². The van der Waals surface area contributed by atoms with Crippen molar-refractivity contribution in [2.75, 3.05) is 13.1 Å². The molecule has 0 saturated carbocycles. The minimum Gasteiger partial charge on any atom is -0.487 e. The van der Waals surface area contributed by atoms with Gasteiger partial charge in [0.1, 0.15) is 18.1 Å². The largest absolute Gasteiger partial charge is 0.487 e. The monoisotopic (exact) mass is 347 g/mol. The van der Waals surface area contributed by atoms with Gasteiger partial charge in [0.2, 0.25) is 0 Å². The lowest BCUT2D eigenvalue weighted by molar-refractivity contribution is -0.0586. The average molecular weight is 347 g/mol. The number of hydrogen-bond acceptors (Lipinski definition) is 6. The smallest absolute Gasteiger partial charge is 0.254 e. The molecule has 1 aromatic carbocycles. The molecule has 0 radical (unpaired) electrons. The molecule has 7 heteroatoms. The van der Waals surface area contributed by atoms with Crippen molar-refractivity contribution in [3.8, 4) is 5.75 Å². The van der Waals surface area contributed by atoms with Crippen molar-refractivity contribution >= 4 is 17.6 Å². The Morgan fingerprint density at radius 2 is 2.08 bits per heavy atom. The molecule has 24 heavy (non-hydrogen) atoms. The van der Waals surface area contributed by atoms with E-state index in [1.807, 2.05) is 43.9 Å². The summed E-state index contributed by atoms with van der Waals surface area (Å²) >= 11 is 1.18. The number of ether oxygens (including phenoxy) is 2. The summed E-state index contributed by atoms with van der Waals surface area (Å²) in [6.07, 6.45) is 0.106. The van der Waals surface area contributed by atoms with Crippen molar-refractivity contribution in [2.24, 2.45) is 0 Å². The topological polar surface area (TPSA) is 64.6 Å². The van der Waals surface area contributed by atoms with Gasteiger partial charge in [0.15, 0.2) is 0 Å². The van der Waals surface area contributed by atoms with Gasteiger partial charge in [-0.25, -0.2) is 0 Å². The first-order valence-corrected chi connectivity index (χ1v) is 8.71. The van der Waals surface area contributed by atoms with Crippen LogP contribution in [0.1, 0.15) is 35.6 Å². The average Bonchev–Trinajstić information content (AvgIpc) is 2.97. The molecule has 1 aromatic heterocycles. The molecule has 2 atom stereocenters. The Balaban J connectivity index is 1.68. The number of nitrogens with zero attached hydrogens (tertiary/aromatic N) is 3. The number of carbonyl (C=O) groups excluding carboxylic acids is 1. The first-order valence-electron chi connectivity index (χ1n) is 7.98. The van der Waals surface area contributed by atoms with Crippen LogP contribution in [0, 0.1) is 6.92 Å². The molecule has 2 aromatic rings. The molecule has 0 aliphatic carbocycles. The third-order valence-corrected chi connectivity index (χ3v) is 4.57. The van der Waals surface area contributed by atoms with Gasteiger partial charge in [-0.3, -0.25) is 4.79 Å². The maximum atomic E-state index is 12.7. The van der Waals surface area contributed by atoms with Crippen LogP contribution in [0.5, 0.6) is 5.75 Å². The van der Waals surface area contributed by atoms with Crippen LogP contribution in [0.2, 0.25) is 0 Å². The van der Waals surface area contributed by atoms with Crippen molar-refractivity contribution in [3.05, 3.63) is 41.2 Å². The van der Waals surface area contributed by atoms with Crippen LogP contribution >= 0.6 is 11.7 Å². The van der Waals surface area contributed by atoms with Crippen LogP contribution < -0.4 is 4.74 Å². The normalized spacial score (nSPS) is 20.9. The lowest BCUT2D eigenvalue weighted by atomic mass is 10.1. The highest BCUT2D eigenvalue weighted by Gasteiger charge is 2.26. The number of rotatable bonds is 4.